The molecule has 0 bridgehead atoms. The number of anilines is 2. The second-order valence-electron chi connectivity index (χ2n) is 7.29. The zero-order chi connectivity index (χ0) is 25.8. The van der Waals surface area contributed by atoms with E-state index in [1.807, 2.05) is 24.3 Å². The van der Waals surface area contributed by atoms with Crippen molar-refractivity contribution in [2.24, 2.45) is 0 Å². The molecule has 0 saturated heterocycles. The van der Waals surface area contributed by atoms with Gasteiger partial charge in [-0.15, -0.1) is 0 Å². The van der Waals surface area contributed by atoms with Gasteiger partial charge in [0.1, 0.15) is 0 Å². The molecule has 0 aliphatic carbocycles. The molecule has 4 aromatic rings. The van der Waals surface area contributed by atoms with Crippen LogP contribution in [0.2, 0.25) is 0 Å². The predicted octanol–water partition coefficient (Wildman–Crippen LogP) is 2.84. The first-order chi connectivity index (χ1) is 17.1. The minimum absolute atomic E-state index is 0.0874. The van der Waals surface area contributed by atoms with E-state index >= 15 is 0 Å². The molecule has 0 aliphatic rings. The Labute approximate surface area is 219 Å². The van der Waals surface area contributed by atoms with Crippen molar-refractivity contribution in [3.63, 3.8) is 0 Å². The molecule has 0 saturated carbocycles. The van der Waals surface area contributed by atoms with Crippen LogP contribution in [0.4, 0.5) is 20.2 Å². The normalized spacial score (nSPS) is 11.7. The number of rotatable bonds is 9. The van der Waals surface area contributed by atoms with Crippen molar-refractivity contribution in [1.29, 1.82) is 0 Å². The first-order valence-electron chi connectivity index (χ1n) is 10.2. The standard InChI is InChI=1S/C24H18F2N2O4S2Se2/c25-21-5-1-3-7-23(21)33(29,30)27-17-9-13-19(14-10-17)35-36-20-15-11-18(12-16-20)28-34(31,32)24-8-4-2-6-22(24)26/h1-16,27-28H. The van der Waals surface area contributed by atoms with Gasteiger partial charge in [0.05, 0.1) is 0 Å². The SMILES string of the molecule is O=S(=O)(Nc1ccc([Se][Se]c2ccc(NS(=O)(=O)c3ccccc3F)cc2)cc1)c1ccccc1F. The van der Waals surface area contributed by atoms with Crippen LogP contribution in [-0.4, -0.2) is 43.1 Å². The molecule has 0 fully saturated rings. The number of nitrogens with one attached hydrogen (secondary N) is 2. The molecule has 0 heterocycles. The third kappa shape index (κ3) is 6.53. The summed E-state index contributed by atoms with van der Waals surface area (Å²) < 4.78 is 84.2. The van der Waals surface area contributed by atoms with E-state index in [2.05, 4.69) is 9.44 Å². The summed E-state index contributed by atoms with van der Waals surface area (Å²) >= 11 is 0.175. The molecule has 186 valence electrons. The zero-order valence-electron chi connectivity index (χ0n) is 18.3. The van der Waals surface area contributed by atoms with Gasteiger partial charge < -0.3 is 0 Å². The molecule has 2 N–H and O–H groups in total. The summed E-state index contributed by atoms with van der Waals surface area (Å²) in [5.41, 5.74) is 0.661. The van der Waals surface area contributed by atoms with Crippen molar-refractivity contribution < 1.29 is 25.6 Å². The summed E-state index contributed by atoms with van der Waals surface area (Å²) in [5.74, 6) is -1.64. The quantitative estimate of drug-likeness (QED) is 0.271. The van der Waals surface area contributed by atoms with E-state index in [0.717, 1.165) is 21.1 Å². The Morgan fingerprint density at radius 2 is 0.833 bits per heavy atom. The molecule has 0 aromatic heterocycles. The zero-order valence-corrected chi connectivity index (χ0v) is 23.3. The van der Waals surface area contributed by atoms with Crippen molar-refractivity contribution >= 4 is 66.6 Å². The van der Waals surface area contributed by atoms with E-state index in [9.17, 15) is 25.6 Å². The monoisotopic (exact) mass is 660 g/mol. The Hall–Kier alpha value is -2.72. The Balaban J connectivity index is 1.35. The fourth-order valence-electron chi connectivity index (χ4n) is 3.00. The Morgan fingerprint density at radius 3 is 1.17 bits per heavy atom. The molecular weight excluding hydrogens is 640 g/mol. The Bertz CT molecular complexity index is 1460. The third-order valence-electron chi connectivity index (χ3n) is 4.70. The second kappa shape index (κ2) is 11.1. The van der Waals surface area contributed by atoms with Crippen LogP contribution in [0, 0.1) is 11.6 Å². The summed E-state index contributed by atoms with van der Waals surface area (Å²) in [4.78, 5) is -0.831. The summed E-state index contributed by atoms with van der Waals surface area (Å²) in [7, 11) is -8.07. The molecule has 0 unspecified atom stereocenters. The van der Waals surface area contributed by atoms with Gasteiger partial charge in [0, 0.05) is 0 Å². The van der Waals surface area contributed by atoms with Crippen LogP contribution in [0.15, 0.2) is 107 Å². The van der Waals surface area contributed by atoms with Crippen molar-refractivity contribution in [3.05, 3.63) is 109 Å². The molecule has 12 heteroatoms. The summed E-state index contributed by atoms with van der Waals surface area (Å²) in [6.45, 7) is 0. The molecule has 4 rings (SSSR count). The van der Waals surface area contributed by atoms with Crippen molar-refractivity contribution in [3.8, 4) is 0 Å². The number of halogens is 2. The molecular formula is C24H18F2N2O4S2Se2. The molecule has 0 amide bonds. The average molecular weight is 658 g/mol. The van der Waals surface area contributed by atoms with Gasteiger partial charge in [-0.3, -0.25) is 0 Å². The number of hydrogen-bond acceptors (Lipinski definition) is 4. The molecule has 0 spiro atoms. The maximum absolute atomic E-state index is 13.9. The second-order valence-corrected chi connectivity index (χ2v) is 16.9. The van der Waals surface area contributed by atoms with E-state index in [-0.39, 0.29) is 26.3 Å². The first kappa shape index (κ1) is 26.3. The van der Waals surface area contributed by atoms with Gasteiger partial charge in [0.15, 0.2) is 0 Å². The van der Waals surface area contributed by atoms with E-state index < -0.39 is 41.5 Å². The number of hydrogen-bond donors (Lipinski definition) is 2. The van der Waals surface area contributed by atoms with Gasteiger partial charge in [0.2, 0.25) is 0 Å². The molecule has 6 nitrogen and oxygen atoms in total. The summed E-state index contributed by atoms with van der Waals surface area (Å²) in [5, 5.41) is 0. The third-order valence-corrected chi connectivity index (χ3v) is 14.8. The van der Waals surface area contributed by atoms with Crippen molar-refractivity contribution in [1.82, 2.24) is 0 Å². The van der Waals surface area contributed by atoms with Crippen LogP contribution < -0.4 is 18.4 Å². The van der Waals surface area contributed by atoms with Crippen LogP contribution in [0.1, 0.15) is 0 Å². The average Bonchev–Trinajstić information content (AvgIpc) is 2.84. The van der Waals surface area contributed by atoms with Crippen LogP contribution >= 0.6 is 0 Å². The van der Waals surface area contributed by atoms with E-state index in [4.69, 9.17) is 0 Å². The summed E-state index contributed by atoms with van der Waals surface area (Å²) in [6, 6.07) is 24.1. The van der Waals surface area contributed by atoms with Crippen LogP contribution in [0.25, 0.3) is 0 Å². The van der Waals surface area contributed by atoms with Gasteiger partial charge in [-0.25, -0.2) is 0 Å². The van der Waals surface area contributed by atoms with Gasteiger partial charge in [-0.05, 0) is 0 Å². The first-order valence-corrected chi connectivity index (χ1v) is 19.2. The maximum atomic E-state index is 13.9. The predicted molar refractivity (Wildman–Crippen MR) is 138 cm³/mol. The molecule has 0 atom stereocenters. The molecule has 36 heavy (non-hydrogen) atoms. The fourth-order valence-corrected chi connectivity index (χ4v) is 11.2. The van der Waals surface area contributed by atoms with E-state index in [1.54, 1.807) is 24.3 Å². The van der Waals surface area contributed by atoms with Gasteiger partial charge >= 0.3 is 220 Å². The topological polar surface area (TPSA) is 92.3 Å². The van der Waals surface area contributed by atoms with E-state index in [0.29, 0.717) is 11.4 Å². The molecule has 0 aliphatic heterocycles. The Morgan fingerprint density at radius 1 is 0.500 bits per heavy atom. The van der Waals surface area contributed by atoms with Crippen LogP contribution in [-0.2, 0) is 20.0 Å². The Kier molecular flexibility index (Phi) is 8.14. The van der Waals surface area contributed by atoms with Crippen molar-refractivity contribution in [2.75, 3.05) is 9.44 Å². The molecule has 4 aromatic carbocycles. The van der Waals surface area contributed by atoms with Gasteiger partial charge in [-0.1, -0.05) is 0 Å². The van der Waals surface area contributed by atoms with Crippen LogP contribution in [0.5, 0.6) is 0 Å². The summed E-state index contributed by atoms with van der Waals surface area (Å²) in [6.07, 6.45) is 0. The molecule has 0 radical (unpaired) electrons. The number of sulfonamides is 2. The van der Waals surface area contributed by atoms with Gasteiger partial charge in [-0.2, -0.15) is 0 Å². The van der Waals surface area contributed by atoms with Crippen molar-refractivity contribution in [2.45, 2.75) is 9.79 Å². The number of benzene rings is 4. The fraction of sp³-hybridized carbons (Fsp3) is 0. The van der Waals surface area contributed by atoms with Gasteiger partial charge in [0.25, 0.3) is 0 Å². The van der Waals surface area contributed by atoms with Crippen LogP contribution in [0.3, 0.4) is 0 Å². The van der Waals surface area contributed by atoms with E-state index in [1.165, 1.54) is 36.4 Å². The minimum atomic E-state index is -4.04.